The van der Waals surface area contributed by atoms with Crippen LogP contribution in [0.3, 0.4) is 0 Å². The van der Waals surface area contributed by atoms with E-state index in [1.807, 2.05) is 13.8 Å². The summed E-state index contributed by atoms with van der Waals surface area (Å²) in [7, 11) is -4.15. The molecule has 3 aromatic rings. The van der Waals surface area contributed by atoms with Crippen molar-refractivity contribution in [2.45, 2.75) is 57.6 Å². The number of halogens is 2. The summed E-state index contributed by atoms with van der Waals surface area (Å²) >= 11 is 12.3. The lowest BCUT2D eigenvalue weighted by atomic mass is 10.1. The van der Waals surface area contributed by atoms with E-state index in [0.717, 1.165) is 10.7 Å². The Bertz CT molecular complexity index is 1420. The lowest BCUT2D eigenvalue weighted by Crippen LogP contribution is -2.52. The summed E-state index contributed by atoms with van der Waals surface area (Å²) in [6, 6.07) is 18.7. The Labute approximate surface area is 240 Å². The summed E-state index contributed by atoms with van der Waals surface area (Å²) in [5, 5.41) is 3.84. The Balaban J connectivity index is 2.05. The molecule has 0 saturated carbocycles. The van der Waals surface area contributed by atoms with Gasteiger partial charge in [-0.25, -0.2) is 8.42 Å². The average molecular weight is 591 g/mol. The zero-order valence-electron chi connectivity index (χ0n) is 22.4. The van der Waals surface area contributed by atoms with Gasteiger partial charge in [0.1, 0.15) is 12.6 Å². The van der Waals surface area contributed by atoms with Gasteiger partial charge in [-0.1, -0.05) is 60.5 Å². The van der Waals surface area contributed by atoms with E-state index in [0.29, 0.717) is 26.9 Å². The largest absolute Gasteiger partial charge is 0.352 e. The summed E-state index contributed by atoms with van der Waals surface area (Å²) in [6.45, 7) is 6.72. The van der Waals surface area contributed by atoms with Crippen LogP contribution in [-0.2, 0) is 26.2 Å². The molecule has 0 aliphatic heterocycles. The number of sulfonamides is 1. The Morgan fingerprint density at radius 1 is 0.923 bits per heavy atom. The monoisotopic (exact) mass is 589 g/mol. The van der Waals surface area contributed by atoms with E-state index in [1.54, 1.807) is 74.5 Å². The SMILES string of the molecule is CC[C@@H](C)NC(=O)[C@@H](C)N(Cc1cccc(Cl)c1)C(=O)CN(c1ccc(Cl)cc1C)S(=O)(=O)c1ccccc1. The van der Waals surface area contributed by atoms with E-state index in [4.69, 9.17) is 23.2 Å². The Morgan fingerprint density at radius 2 is 1.59 bits per heavy atom. The summed E-state index contributed by atoms with van der Waals surface area (Å²) in [5.41, 5.74) is 1.61. The molecule has 0 unspecified atom stereocenters. The van der Waals surface area contributed by atoms with Crippen molar-refractivity contribution in [2.75, 3.05) is 10.8 Å². The zero-order chi connectivity index (χ0) is 28.7. The molecule has 0 fully saturated rings. The van der Waals surface area contributed by atoms with E-state index in [-0.39, 0.29) is 23.4 Å². The highest BCUT2D eigenvalue weighted by Gasteiger charge is 2.33. The number of nitrogens with zero attached hydrogens (tertiary/aromatic N) is 2. The second kappa shape index (κ2) is 13.3. The first-order valence-electron chi connectivity index (χ1n) is 12.6. The van der Waals surface area contributed by atoms with Gasteiger partial charge in [0.25, 0.3) is 10.0 Å². The van der Waals surface area contributed by atoms with E-state index < -0.39 is 28.5 Å². The van der Waals surface area contributed by atoms with Gasteiger partial charge in [0.15, 0.2) is 0 Å². The number of hydrogen-bond acceptors (Lipinski definition) is 4. The first-order chi connectivity index (χ1) is 18.4. The predicted octanol–water partition coefficient (Wildman–Crippen LogP) is 5.83. The van der Waals surface area contributed by atoms with Crippen molar-refractivity contribution in [2.24, 2.45) is 0 Å². The number of nitrogens with one attached hydrogen (secondary N) is 1. The quantitative estimate of drug-likeness (QED) is 0.305. The van der Waals surface area contributed by atoms with Crippen molar-refractivity contribution in [3.8, 4) is 0 Å². The molecule has 208 valence electrons. The third-order valence-corrected chi connectivity index (χ3v) is 8.69. The van der Waals surface area contributed by atoms with E-state index in [1.165, 1.54) is 17.0 Å². The van der Waals surface area contributed by atoms with Crippen LogP contribution in [0.25, 0.3) is 0 Å². The smallest absolute Gasteiger partial charge is 0.264 e. The number of benzene rings is 3. The van der Waals surface area contributed by atoms with Gasteiger partial charge in [-0.2, -0.15) is 0 Å². The van der Waals surface area contributed by atoms with E-state index in [9.17, 15) is 18.0 Å². The van der Waals surface area contributed by atoms with Crippen LogP contribution in [0.4, 0.5) is 5.69 Å². The van der Waals surface area contributed by atoms with Crippen molar-refractivity contribution in [3.05, 3.63) is 94.0 Å². The highest BCUT2D eigenvalue weighted by Crippen LogP contribution is 2.29. The number of carbonyl (C=O) groups excluding carboxylic acids is 2. The molecule has 0 bridgehead atoms. The number of aryl methyl sites for hydroxylation is 1. The maximum absolute atomic E-state index is 14.0. The van der Waals surface area contributed by atoms with Crippen LogP contribution in [0.5, 0.6) is 0 Å². The fourth-order valence-corrected chi connectivity index (χ4v) is 5.95. The van der Waals surface area contributed by atoms with Crippen molar-refractivity contribution in [1.82, 2.24) is 10.2 Å². The second-order valence-electron chi connectivity index (χ2n) is 9.40. The van der Waals surface area contributed by atoms with E-state index in [2.05, 4.69) is 5.32 Å². The maximum atomic E-state index is 14.0. The summed E-state index contributed by atoms with van der Waals surface area (Å²) in [4.78, 5) is 28.5. The lowest BCUT2D eigenvalue weighted by molar-refractivity contribution is -0.139. The summed E-state index contributed by atoms with van der Waals surface area (Å²) in [5.74, 6) is -0.879. The Morgan fingerprint density at radius 3 is 2.21 bits per heavy atom. The number of carbonyl (C=O) groups is 2. The van der Waals surface area contributed by atoms with Gasteiger partial charge in [0, 0.05) is 22.6 Å². The molecular formula is C29H33Cl2N3O4S. The van der Waals surface area contributed by atoms with Crippen LogP contribution in [0.1, 0.15) is 38.3 Å². The van der Waals surface area contributed by atoms with E-state index >= 15 is 0 Å². The van der Waals surface area contributed by atoms with Gasteiger partial charge in [-0.15, -0.1) is 0 Å². The highest BCUT2D eigenvalue weighted by atomic mass is 35.5. The van der Waals surface area contributed by atoms with Crippen molar-refractivity contribution in [3.63, 3.8) is 0 Å². The van der Waals surface area contributed by atoms with Gasteiger partial charge in [0.05, 0.1) is 10.6 Å². The van der Waals surface area contributed by atoms with Gasteiger partial charge < -0.3 is 10.2 Å². The minimum absolute atomic E-state index is 0.0381. The molecule has 3 aromatic carbocycles. The van der Waals surface area contributed by atoms with Gasteiger partial charge >= 0.3 is 0 Å². The molecule has 0 saturated heterocycles. The summed E-state index contributed by atoms with van der Waals surface area (Å²) < 4.78 is 28.8. The molecule has 1 N–H and O–H groups in total. The molecule has 39 heavy (non-hydrogen) atoms. The predicted molar refractivity (Wildman–Crippen MR) is 157 cm³/mol. The van der Waals surface area contributed by atoms with Gasteiger partial charge in [-0.05, 0) is 80.8 Å². The first-order valence-corrected chi connectivity index (χ1v) is 14.8. The first kappa shape index (κ1) is 30.5. The van der Waals surface area contributed by atoms with Crippen molar-refractivity contribution in [1.29, 1.82) is 0 Å². The molecule has 7 nitrogen and oxygen atoms in total. The number of rotatable bonds is 11. The molecule has 2 atom stereocenters. The fourth-order valence-electron chi connectivity index (χ4n) is 4.01. The topological polar surface area (TPSA) is 86.8 Å². The molecule has 0 heterocycles. The van der Waals surface area contributed by atoms with Crippen LogP contribution in [0.2, 0.25) is 10.0 Å². The molecule has 0 aliphatic carbocycles. The molecule has 0 spiro atoms. The lowest BCUT2D eigenvalue weighted by Gasteiger charge is -2.33. The van der Waals surface area contributed by atoms with Crippen LogP contribution >= 0.6 is 23.2 Å². The van der Waals surface area contributed by atoms with Gasteiger partial charge in [0.2, 0.25) is 11.8 Å². The molecule has 2 amide bonds. The van der Waals surface area contributed by atoms with Gasteiger partial charge in [-0.3, -0.25) is 13.9 Å². The highest BCUT2D eigenvalue weighted by molar-refractivity contribution is 7.92. The molecule has 0 aromatic heterocycles. The van der Waals surface area contributed by atoms with Crippen LogP contribution in [0.15, 0.2) is 77.7 Å². The second-order valence-corrected chi connectivity index (χ2v) is 12.1. The Kier molecular flexibility index (Phi) is 10.4. The third-order valence-electron chi connectivity index (χ3n) is 6.45. The average Bonchev–Trinajstić information content (AvgIpc) is 2.90. The maximum Gasteiger partial charge on any atom is 0.264 e. The molecule has 0 radical (unpaired) electrons. The van der Waals surface area contributed by atoms with Crippen molar-refractivity contribution >= 4 is 50.7 Å². The fraction of sp³-hybridized carbons (Fsp3) is 0.310. The Hall–Kier alpha value is -3.07. The number of hydrogen-bond donors (Lipinski definition) is 1. The summed E-state index contributed by atoms with van der Waals surface area (Å²) in [6.07, 6.45) is 0.722. The minimum Gasteiger partial charge on any atom is -0.352 e. The molecule has 10 heteroatoms. The molecule has 0 aliphatic rings. The molecular weight excluding hydrogens is 557 g/mol. The molecule has 3 rings (SSSR count). The standard InChI is InChI=1S/C29H33Cl2N3O4S/c1-5-21(3)32-29(36)22(4)33(18-23-10-9-11-24(30)17-23)28(35)19-34(27-15-14-25(31)16-20(27)2)39(37,38)26-12-7-6-8-13-26/h6-17,21-22H,5,18-19H2,1-4H3,(H,32,36)/t21-,22-/m1/s1. The third kappa shape index (κ3) is 7.75. The number of anilines is 1. The van der Waals surface area contributed by atoms with Crippen LogP contribution < -0.4 is 9.62 Å². The normalized spacial score (nSPS) is 12.9. The van der Waals surface area contributed by atoms with Crippen molar-refractivity contribution < 1.29 is 18.0 Å². The zero-order valence-corrected chi connectivity index (χ0v) is 24.7. The van der Waals surface area contributed by atoms with Crippen LogP contribution in [-0.4, -0.2) is 43.8 Å². The minimum atomic E-state index is -4.15. The number of amides is 2. The van der Waals surface area contributed by atoms with Crippen LogP contribution in [0, 0.1) is 6.92 Å².